The fourth-order valence-electron chi connectivity index (χ4n) is 4.98. The number of carbonyl (C=O) groups excluding carboxylic acids is 3. The highest BCUT2D eigenvalue weighted by Gasteiger charge is 2.34. The van der Waals surface area contributed by atoms with Gasteiger partial charge in [0, 0.05) is 35.1 Å². The molecule has 4 aromatic carbocycles. The first-order valence-electron chi connectivity index (χ1n) is 13.6. The summed E-state index contributed by atoms with van der Waals surface area (Å²) in [4.78, 5) is 38.4. The van der Waals surface area contributed by atoms with Gasteiger partial charge in [-0.1, -0.05) is 43.0 Å². The Morgan fingerprint density at radius 3 is 2.09 bits per heavy atom. The zero-order chi connectivity index (χ0) is 31.6. The van der Waals surface area contributed by atoms with E-state index in [4.69, 9.17) is 4.74 Å². The zero-order valence-corrected chi connectivity index (χ0v) is 24.7. The van der Waals surface area contributed by atoms with Crippen LogP contribution in [0.5, 0.6) is 11.5 Å². The maximum atomic E-state index is 13.7. The van der Waals surface area contributed by atoms with Crippen LogP contribution in [0.15, 0.2) is 96.4 Å². The van der Waals surface area contributed by atoms with E-state index in [-0.39, 0.29) is 46.8 Å². The summed E-state index contributed by atoms with van der Waals surface area (Å²) in [7, 11) is -4.72. The van der Waals surface area contributed by atoms with Crippen molar-refractivity contribution >= 4 is 44.7 Å². The van der Waals surface area contributed by atoms with E-state index in [0.29, 0.717) is 33.8 Å². The van der Waals surface area contributed by atoms with E-state index >= 15 is 0 Å². The lowest BCUT2D eigenvalue weighted by atomic mass is 9.82. The minimum Gasteiger partial charge on any atom is -0.456 e. The van der Waals surface area contributed by atoms with Crippen molar-refractivity contribution in [3.8, 4) is 11.5 Å². The number of nitrogens with one attached hydrogen (secondary N) is 3. The van der Waals surface area contributed by atoms with Crippen LogP contribution in [0.4, 0.5) is 17.1 Å². The molecule has 10 nitrogen and oxygen atoms in total. The van der Waals surface area contributed by atoms with Gasteiger partial charge < -0.3 is 20.7 Å². The van der Waals surface area contributed by atoms with Crippen molar-refractivity contribution in [1.82, 2.24) is 5.32 Å². The zero-order valence-electron chi connectivity index (χ0n) is 23.9. The van der Waals surface area contributed by atoms with Gasteiger partial charge in [-0.15, -0.1) is 0 Å². The molecule has 0 saturated heterocycles. The molecule has 0 saturated carbocycles. The van der Waals surface area contributed by atoms with E-state index in [9.17, 15) is 27.4 Å². The molecule has 0 fully saturated rings. The van der Waals surface area contributed by atoms with Gasteiger partial charge in [0.05, 0.1) is 16.8 Å². The average molecular weight is 612 g/mol. The number of ether oxygens (including phenoxy) is 1. The monoisotopic (exact) mass is 611 g/mol. The van der Waals surface area contributed by atoms with Crippen LogP contribution in [0.25, 0.3) is 0 Å². The van der Waals surface area contributed by atoms with E-state index in [0.717, 1.165) is 6.08 Å². The minimum atomic E-state index is -4.72. The molecule has 1 aliphatic rings. The third kappa shape index (κ3) is 6.10. The van der Waals surface area contributed by atoms with Crippen molar-refractivity contribution in [2.45, 2.75) is 31.3 Å². The second-order valence-corrected chi connectivity index (χ2v) is 11.7. The topological polar surface area (TPSA) is 151 Å². The first-order valence-corrected chi connectivity index (χ1v) is 15.1. The molecule has 1 aliphatic carbocycles. The Bertz CT molecular complexity index is 1920. The largest absolute Gasteiger partial charge is 0.456 e. The lowest BCUT2D eigenvalue weighted by Crippen LogP contribution is -2.25. The van der Waals surface area contributed by atoms with Gasteiger partial charge in [-0.2, -0.15) is 8.42 Å². The smallest absolute Gasteiger partial charge is 0.298 e. The fraction of sp³-hybridized carbons (Fsp3) is 0.121. The number of anilines is 3. The highest BCUT2D eigenvalue weighted by atomic mass is 32.2. The third-order valence-electron chi connectivity index (χ3n) is 6.84. The molecule has 44 heavy (non-hydrogen) atoms. The number of hydrogen-bond acceptors (Lipinski definition) is 8. The highest BCUT2D eigenvalue weighted by Crippen LogP contribution is 2.38. The van der Waals surface area contributed by atoms with E-state index in [1.165, 1.54) is 18.2 Å². The van der Waals surface area contributed by atoms with Crippen molar-refractivity contribution in [1.29, 1.82) is 0 Å². The normalized spacial score (nSPS) is 12.3. The number of rotatable bonds is 10. The summed E-state index contributed by atoms with van der Waals surface area (Å²) in [6.07, 6.45) is 1.04. The molecular weight excluding hydrogens is 582 g/mol. The second-order valence-electron chi connectivity index (χ2n) is 10.3. The molecule has 0 heterocycles. The fourth-order valence-corrected chi connectivity index (χ4v) is 5.81. The molecule has 0 spiro atoms. The molecule has 0 aliphatic heterocycles. The van der Waals surface area contributed by atoms with Gasteiger partial charge >= 0.3 is 0 Å². The first kappa shape index (κ1) is 30.2. The summed E-state index contributed by atoms with van der Waals surface area (Å²) < 4.78 is 40.2. The summed E-state index contributed by atoms with van der Waals surface area (Å²) in [5, 5.41) is 8.97. The SMILES string of the molecule is C=CC(=O)NCc1cccc(Oc2ccc(Nc3ccc(NC(C)C)c4c3C(=O)c3ccccc3C4=O)cc2)c1S(=O)(=O)O. The summed E-state index contributed by atoms with van der Waals surface area (Å²) in [5.41, 5.74) is 2.95. The molecule has 4 aromatic rings. The van der Waals surface area contributed by atoms with Crippen molar-refractivity contribution in [3.05, 3.63) is 119 Å². The summed E-state index contributed by atoms with van der Waals surface area (Å²) in [5.74, 6) is -0.906. The van der Waals surface area contributed by atoms with E-state index in [1.807, 2.05) is 13.8 Å². The van der Waals surface area contributed by atoms with Crippen molar-refractivity contribution < 1.29 is 32.1 Å². The van der Waals surface area contributed by atoms with Crippen LogP contribution in [-0.2, 0) is 21.5 Å². The molecular formula is C33H29N3O7S. The number of amides is 1. The van der Waals surface area contributed by atoms with Crippen LogP contribution < -0.4 is 20.7 Å². The van der Waals surface area contributed by atoms with Gasteiger partial charge in [-0.3, -0.25) is 18.9 Å². The number of hydrogen-bond donors (Lipinski definition) is 4. The predicted molar refractivity (Wildman–Crippen MR) is 167 cm³/mol. The maximum absolute atomic E-state index is 13.7. The van der Waals surface area contributed by atoms with E-state index < -0.39 is 20.9 Å². The van der Waals surface area contributed by atoms with Crippen LogP contribution in [0.3, 0.4) is 0 Å². The first-order chi connectivity index (χ1) is 21.0. The van der Waals surface area contributed by atoms with Crippen LogP contribution >= 0.6 is 0 Å². The van der Waals surface area contributed by atoms with Gasteiger partial charge in [0.2, 0.25) is 5.91 Å². The Labute approximate surface area is 254 Å². The Morgan fingerprint density at radius 1 is 0.886 bits per heavy atom. The average Bonchev–Trinajstić information content (AvgIpc) is 2.99. The van der Waals surface area contributed by atoms with Crippen LogP contribution in [0.2, 0.25) is 0 Å². The number of benzene rings is 4. The number of carbonyl (C=O) groups is 3. The standard InChI is InChI=1S/C33H29N3O7S/c1-4-28(37)34-18-20-8-7-11-27(33(20)44(40,41)42)43-22-14-12-21(13-15-22)36-26-17-16-25(35-19(2)3)29-30(26)32(39)24-10-6-5-9-23(24)31(29)38/h4-17,19,35-36H,1,18H2,2-3H3,(H,34,37)(H,40,41,42). The third-order valence-corrected chi connectivity index (χ3v) is 7.82. The predicted octanol–water partition coefficient (Wildman–Crippen LogP) is 5.87. The molecule has 11 heteroatoms. The Morgan fingerprint density at radius 2 is 1.50 bits per heavy atom. The maximum Gasteiger partial charge on any atom is 0.298 e. The van der Waals surface area contributed by atoms with Crippen LogP contribution in [-0.4, -0.2) is 36.5 Å². The molecule has 0 atom stereocenters. The summed E-state index contributed by atoms with van der Waals surface area (Å²) in [6, 6.07) is 21.1. The molecule has 0 bridgehead atoms. The van der Waals surface area contributed by atoms with Gasteiger partial charge in [0.15, 0.2) is 11.6 Å². The Kier molecular flexibility index (Phi) is 8.34. The summed E-state index contributed by atoms with van der Waals surface area (Å²) in [6.45, 7) is 7.07. The lowest BCUT2D eigenvalue weighted by molar-refractivity contribution is -0.116. The Balaban J connectivity index is 1.45. The minimum absolute atomic E-state index is 0.0263. The van der Waals surface area contributed by atoms with Gasteiger partial charge in [-0.25, -0.2) is 0 Å². The van der Waals surface area contributed by atoms with Crippen LogP contribution in [0.1, 0.15) is 51.3 Å². The molecule has 0 unspecified atom stereocenters. The molecule has 4 N–H and O–H groups in total. The molecule has 5 rings (SSSR count). The highest BCUT2D eigenvalue weighted by molar-refractivity contribution is 7.86. The van der Waals surface area contributed by atoms with Crippen molar-refractivity contribution in [2.75, 3.05) is 10.6 Å². The summed E-state index contributed by atoms with van der Waals surface area (Å²) >= 11 is 0. The van der Waals surface area contributed by atoms with Gasteiger partial charge in [-0.05, 0) is 68.0 Å². The molecule has 1 amide bonds. The lowest BCUT2D eigenvalue weighted by Gasteiger charge is -2.24. The molecule has 224 valence electrons. The quantitative estimate of drug-likeness (QED) is 0.112. The Hall–Kier alpha value is -5.26. The van der Waals surface area contributed by atoms with Crippen LogP contribution in [0, 0.1) is 0 Å². The van der Waals surface area contributed by atoms with E-state index in [2.05, 4.69) is 22.5 Å². The van der Waals surface area contributed by atoms with Gasteiger partial charge in [0.1, 0.15) is 16.4 Å². The second kappa shape index (κ2) is 12.2. The molecule has 0 radical (unpaired) electrons. The van der Waals surface area contributed by atoms with Crippen molar-refractivity contribution in [2.24, 2.45) is 0 Å². The van der Waals surface area contributed by atoms with E-state index in [1.54, 1.807) is 60.7 Å². The number of ketones is 2. The van der Waals surface area contributed by atoms with Gasteiger partial charge in [0.25, 0.3) is 10.1 Å². The molecule has 0 aromatic heterocycles. The number of fused-ring (bicyclic) bond motifs is 2. The van der Waals surface area contributed by atoms with Crippen molar-refractivity contribution in [3.63, 3.8) is 0 Å².